The standard InChI is InChI=1S/C12H17N3O2/c1-14-10-13-6-12(14)8-15(3-4-16)7-11-2-5-17-9-11/h2,5-6,9-10,16H,3-4,7-8H2,1H3. The minimum Gasteiger partial charge on any atom is -0.472 e. The summed E-state index contributed by atoms with van der Waals surface area (Å²) in [4.78, 5) is 6.24. The summed E-state index contributed by atoms with van der Waals surface area (Å²) < 4.78 is 7.03. The van der Waals surface area contributed by atoms with E-state index in [2.05, 4.69) is 9.88 Å². The lowest BCUT2D eigenvalue weighted by Gasteiger charge is -2.20. The predicted molar refractivity (Wildman–Crippen MR) is 63.1 cm³/mol. The molecule has 0 aliphatic heterocycles. The maximum atomic E-state index is 9.08. The van der Waals surface area contributed by atoms with Crippen LogP contribution in [0.4, 0.5) is 0 Å². The first-order chi connectivity index (χ1) is 8.29. The van der Waals surface area contributed by atoms with E-state index in [0.29, 0.717) is 6.54 Å². The minimum atomic E-state index is 0.149. The topological polar surface area (TPSA) is 54.4 Å². The van der Waals surface area contributed by atoms with Crippen LogP contribution < -0.4 is 0 Å². The fraction of sp³-hybridized carbons (Fsp3) is 0.417. The third-order valence-corrected chi connectivity index (χ3v) is 2.70. The maximum absolute atomic E-state index is 9.08. The molecule has 0 atom stereocenters. The Morgan fingerprint density at radius 3 is 2.94 bits per heavy atom. The molecule has 5 nitrogen and oxygen atoms in total. The van der Waals surface area contributed by atoms with Gasteiger partial charge >= 0.3 is 0 Å². The molecule has 0 amide bonds. The highest BCUT2D eigenvalue weighted by atomic mass is 16.3. The summed E-state index contributed by atoms with van der Waals surface area (Å²) in [5, 5.41) is 9.08. The Labute approximate surface area is 100 Å². The van der Waals surface area contributed by atoms with Gasteiger partial charge in [0.05, 0.1) is 31.2 Å². The monoisotopic (exact) mass is 235 g/mol. The van der Waals surface area contributed by atoms with E-state index in [1.807, 2.05) is 23.9 Å². The molecule has 92 valence electrons. The number of furan rings is 1. The Balaban J connectivity index is 2.00. The van der Waals surface area contributed by atoms with E-state index in [9.17, 15) is 0 Å². The normalized spacial score (nSPS) is 11.2. The molecule has 0 saturated heterocycles. The lowest BCUT2D eigenvalue weighted by molar-refractivity contribution is 0.181. The van der Waals surface area contributed by atoms with Crippen molar-refractivity contribution >= 4 is 0 Å². The minimum absolute atomic E-state index is 0.149. The van der Waals surface area contributed by atoms with Gasteiger partial charge in [0.1, 0.15) is 0 Å². The predicted octanol–water partition coefficient (Wildman–Crippen LogP) is 1.01. The highest BCUT2D eigenvalue weighted by Crippen LogP contribution is 2.09. The first kappa shape index (κ1) is 11.9. The van der Waals surface area contributed by atoms with Gasteiger partial charge in [-0.2, -0.15) is 0 Å². The smallest absolute Gasteiger partial charge is 0.0947 e. The van der Waals surface area contributed by atoms with Crippen LogP contribution in [-0.4, -0.2) is 32.7 Å². The van der Waals surface area contributed by atoms with Gasteiger partial charge in [0.25, 0.3) is 0 Å². The van der Waals surface area contributed by atoms with Gasteiger partial charge in [-0.1, -0.05) is 0 Å². The molecule has 0 aliphatic carbocycles. The van der Waals surface area contributed by atoms with E-state index >= 15 is 0 Å². The second-order valence-electron chi connectivity index (χ2n) is 4.06. The molecule has 0 radical (unpaired) electrons. The summed E-state index contributed by atoms with van der Waals surface area (Å²) in [6, 6.07) is 1.94. The molecule has 17 heavy (non-hydrogen) atoms. The zero-order valence-corrected chi connectivity index (χ0v) is 9.91. The quantitative estimate of drug-likeness (QED) is 0.811. The number of hydrogen-bond donors (Lipinski definition) is 1. The summed E-state index contributed by atoms with van der Waals surface area (Å²) in [6.07, 6.45) is 7.02. The summed E-state index contributed by atoms with van der Waals surface area (Å²) in [5.41, 5.74) is 2.24. The molecule has 2 rings (SSSR count). The molecule has 0 aromatic carbocycles. The van der Waals surface area contributed by atoms with Crippen LogP contribution in [-0.2, 0) is 20.1 Å². The zero-order valence-electron chi connectivity index (χ0n) is 9.91. The number of hydrogen-bond acceptors (Lipinski definition) is 4. The van der Waals surface area contributed by atoms with Crippen molar-refractivity contribution in [2.45, 2.75) is 13.1 Å². The van der Waals surface area contributed by atoms with Crippen LogP contribution in [0.5, 0.6) is 0 Å². The number of rotatable bonds is 6. The number of nitrogens with zero attached hydrogens (tertiary/aromatic N) is 3. The van der Waals surface area contributed by atoms with Gasteiger partial charge in [-0.3, -0.25) is 4.90 Å². The maximum Gasteiger partial charge on any atom is 0.0947 e. The molecule has 2 heterocycles. The Bertz CT molecular complexity index is 436. The highest BCUT2D eigenvalue weighted by molar-refractivity contribution is 5.06. The van der Waals surface area contributed by atoms with Crippen LogP contribution in [0.3, 0.4) is 0 Å². The first-order valence-electron chi connectivity index (χ1n) is 5.59. The number of aromatic nitrogens is 2. The van der Waals surface area contributed by atoms with Crippen molar-refractivity contribution < 1.29 is 9.52 Å². The lowest BCUT2D eigenvalue weighted by atomic mass is 10.3. The average Bonchev–Trinajstić information content (AvgIpc) is 2.92. The van der Waals surface area contributed by atoms with Gasteiger partial charge in [0, 0.05) is 38.4 Å². The molecule has 0 fully saturated rings. The SMILES string of the molecule is Cn1cncc1CN(CCO)Cc1ccoc1. The van der Waals surface area contributed by atoms with Gasteiger partial charge in [-0.05, 0) is 6.07 Å². The van der Waals surface area contributed by atoms with Crippen LogP contribution in [0.25, 0.3) is 0 Å². The third kappa shape index (κ3) is 3.18. The van der Waals surface area contributed by atoms with Crippen molar-refractivity contribution in [3.8, 4) is 0 Å². The van der Waals surface area contributed by atoms with E-state index in [4.69, 9.17) is 9.52 Å². The molecular weight excluding hydrogens is 218 g/mol. The molecule has 5 heteroatoms. The van der Waals surface area contributed by atoms with E-state index < -0.39 is 0 Å². The molecule has 2 aromatic rings. The van der Waals surface area contributed by atoms with Crippen molar-refractivity contribution in [2.75, 3.05) is 13.2 Å². The van der Waals surface area contributed by atoms with Crippen molar-refractivity contribution in [2.24, 2.45) is 7.05 Å². The van der Waals surface area contributed by atoms with Crippen molar-refractivity contribution in [1.82, 2.24) is 14.5 Å². The number of aliphatic hydroxyl groups excluding tert-OH is 1. The molecule has 0 saturated carbocycles. The molecule has 0 bridgehead atoms. The average molecular weight is 235 g/mol. The first-order valence-corrected chi connectivity index (χ1v) is 5.59. The van der Waals surface area contributed by atoms with E-state index in [1.165, 1.54) is 0 Å². The van der Waals surface area contributed by atoms with Crippen LogP contribution in [0.1, 0.15) is 11.3 Å². The fourth-order valence-electron chi connectivity index (χ4n) is 1.76. The van der Waals surface area contributed by atoms with Gasteiger partial charge in [-0.25, -0.2) is 4.98 Å². The van der Waals surface area contributed by atoms with Crippen LogP contribution in [0.15, 0.2) is 35.5 Å². The van der Waals surface area contributed by atoms with E-state index in [1.54, 1.807) is 18.9 Å². The third-order valence-electron chi connectivity index (χ3n) is 2.70. The Kier molecular flexibility index (Phi) is 3.95. The van der Waals surface area contributed by atoms with Crippen LogP contribution >= 0.6 is 0 Å². The zero-order chi connectivity index (χ0) is 12.1. The second-order valence-corrected chi connectivity index (χ2v) is 4.06. The molecule has 0 spiro atoms. The molecule has 2 aromatic heterocycles. The summed E-state index contributed by atoms with van der Waals surface area (Å²) in [7, 11) is 1.97. The van der Waals surface area contributed by atoms with Gasteiger partial charge in [-0.15, -0.1) is 0 Å². The number of aryl methyl sites for hydroxylation is 1. The van der Waals surface area contributed by atoms with Crippen molar-refractivity contribution in [1.29, 1.82) is 0 Å². The summed E-state index contributed by atoms with van der Waals surface area (Å²) in [5.74, 6) is 0. The highest BCUT2D eigenvalue weighted by Gasteiger charge is 2.09. The van der Waals surface area contributed by atoms with Crippen LogP contribution in [0, 0.1) is 0 Å². The Morgan fingerprint density at radius 2 is 2.35 bits per heavy atom. The fourth-order valence-corrected chi connectivity index (χ4v) is 1.76. The Morgan fingerprint density at radius 1 is 1.47 bits per heavy atom. The summed E-state index contributed by atoms with van der Waals surface area (Å²) >= 11 is 0. The number of imidazole rings is 1. The van der Waals surface area contributed by atoms with Crippen molar-refractivity contribution in [3.05, 3.63) is 42.4 Å². The van der Waals surface area contributed by atoms with Gasteiger partial charge in [0.15, 0.2) is 0 Å². The van der Waals surface area contributed by atoms with Gasteiger partial charge in [0.2, 0.25) is 0 Å². The largest absolute Gasteiger partial charge is 0.472 e. The lowest BCUT2D eigenvalue weighted by Crippen LogP contribution is -2.26. The van der Waals surface area contributed by atoms with Crippen LogP contribution in [0.2, 0.25) is 0 Å². The molecular formula is C12H17N3O2. The second kappa shape index (κ2) is 5.65. The van der Waals surface area contributed by atoms with E-state index in [-0.39, 0.29) is 6.61 Å². The van der Waals surface area contributed by atoms with E-state index in [0.717, 1.165) is 24.3 Å². The molecule has 0 unspecified atom stereocenters. The Hall–Kier alpha value is -1.59. The number of aliphatic hydroxyl groups is 1. The van der Waals surface area contributed by atoms with Gasteiger partial charge < -0.3 is 14.1 Å². The molecule has 1 N–H and O–H groups in total. The molecule has 0 aliphatic rings. The van der Waals surface area contributed by atoms with Crippen molar-refractivity contribution in [3.63, 3.8) is 0 Å². The summed E-state index contributed by atoms with van der Waals surface area (Å²) in [6.45, 7) is 2.32.